The van der Waals surface area contributed by atoms with Crippen LogP contribution in [0.3, 0.4) is 0 Å². The van der Waals surface area contributed by atoms with Gasteiger partial charge in [0.2, 0.25) is 0 Å². The van der Waals surface area contributed by atoms with Gasteiger partial charge in [-0.15, -0.1) is 4.94 Å². The lowest BCUT2D eigenvalue weighted by Gasteiger charge is -2.32. The third kappa shape index (κ3) is 1.44. The molecule has 3 rings (SSSR count). The van der Waals surface area contributed by atoms with E-state index in [4.69, 9.17) is 5.90 Å². The number of fused-ring (bicyclic) bond motifs is 5. The molecular weight excluding hydrogens is 192 g/mol. The predicted octanol–water partition coefficient (Wildman–Crippen LogP) is 0.0227. The Hall–Kier alpha value is -0.420. The van der Waals surface area contributed by atoms with E-state index in [1.54, 1.807) is 0 Å². The Bertz CT molecular complexity index is 282. The molecule has 2 bridgehead atoms. The van der Waals surface area contributed by atoms with Gasteiger partial charge in [0.1, 0.15) is 6.54 Å². The van der Waals surface area contributed by atoms with Gasteiger partial charge in [0.25, 0.3) is 0 Å². The van der Waals surface area contributed by atoms with E-state index in [-0.39, 0.29) is 5.23 Å². The number of quaternary nitrogens is 1. The predicted molar refractivity (Wildman–Crippen MR) is 54.9 cm³/mol. The van der Waals surface area contributed by atoms with E-state index >= 15 is 0 Å². The molecule has 0 aromatic carbocycles. The molecule has 0 saturated heterocycles. The van der Waals surface area contributed by atoms with E-state index in [1.165, 1.54) is 19.3 Å². The normalized spacial score (nSPS) is 48.5. The Kier molecular flexibility index (Phi) is 2.32. The van der Waals surface area contributed by atoms with Crippen LogP contribution in [-0.4, -0.2) is 6.54 Å². The zero-order valence-corrected chi connectivity index (χ0v) is 8.76. The largest absolute Gasteiger partial charge is 0.598 e. The highest BCUT2D eigenvalue weighted by Crippen LogP contribution is 2.58. The monoisotopic (exact) mass is 210 g/mol. The van der Waals surface area contributed by atoms with Crippen LogP contribution in [0.2, 0.25) is 0 Å². The van der Waals surface area contributed by atoms with Gasteiger partial charge in [-0.3, -0.25) is 0 Å². The summed E-state index contributed by atoms with van der Waals surface area (Å²) in [5, 5.41) is 10.9. The minimum atomic E-state index is -0.241. The van der Waals surface area contributed by atoms with Crippen LogP contribution in [0.25, 0.3) is 0 Å². The smallest absolute Gasteiger partial charge is 0.112 e. The summed E-state index contributed by atoms with van der Waals surface area (Å²) in [6.45, 7) is 0.529. The van der Waals surface area contributed by atoms with Crippen LogP contribution in [0.5, 0.6) is 0 Å². The molecule has 0 aromatic rings. The molecule has 4 heteroatoms. The molecule has 84 valence electrons. The first kappa shape index (κ1) is 9.78. The van der Waals surface area contributed by atoms with Crippen molar-refractivity contribution in [1.82, 2.24) is 0 Å². The lowest BCUT2D eigenvalue weighted by atomic mass is 9.75. The van der Waals surface area contributed by atoms with Gasteiger partial charge in [-0.2, -0.15) is 5.90 Å². The van der Waals surface area contributed by atoms with Crippen LogP contribution in [0, 0.1) is 34.8 Å². The van der Waals surface area contributed by atoms with Crippen LogP contribution in [0.15, 0.2) is 12.2 Å². The molecule has 0 amide bonds. The van der Waals surface area contributed by atoms with Crippen molar-refractivity contribution >= 4 is 0 Å². The van der Waals surface area contributed by atoms with Crippen LogP contribution >= 0.6 is 0 Å². The van der Waals surface area contributed by atoms with Crippen molar-refractivity contribution in [2.75, 3.05) is 6.54 Å². The quantitative estimate of drug-likeness (QED) is 0.510. The van der Waals surface area contributed by atoms with Crippen LogP contribution in [-0.2, 0) is 4.94 Å². The number of rotatable bonds is 3. The maximum Gasteiger partial charge on any atom is 0.112 e. The maximum atomic E-state index is 11.2. The van der Waals surface area contributed by atoms with Gasteiger partial charge in [-0.25, -0.2) is 5.23 Å². The molecular formula is C11H18N2O2. The molecule has 0 aromatic heterocycles. The number of hydroxylamine groups is 2. The van der Waals surface area contributed by atoms with Crippen molar-refractivity contribution in [3.8, 4) is 0 Å². The van der Waals surface area contributed by atoms with Gasteiger partial charge >= 0.3 is 0 Å². The van der Waals surface area contributed by atoms with Gasteiger partial charge in [0, 0.05) is 5.92 Å². The molecule has 3 aliphatic carbocycles. The van der Waals surface area contributed by atoms with E-state index < -0.39 is 0 Å². The third-order valence-corrected chi connectivity index (χ3v) is 4.70. The van der Waals surface area contributed by atoms with Crippen LogP contribution < -0.4 is 11.1 Å². The summed E-state index contributed by atoms with van der Waals surface area (Å²) in [4.78, 5) is 4.28. The average molecular weight is 210 g/mol. The molecule has 0 aliphatic heterocycles. The summed E-state index contributed by atoms with van der Waals surface area (Å²) in [5.41, 5.74) is 0. The van der Waals surface area contributed by atoms with E-state index in [9.17, 15) is 5.21 Å². The molecule has 3 N–H and O–H groups in total. The highest BCUT2D eigenvalue weighted by molar-refractivity contribution is 5.13. The molecule has 0 heterocycles. The molecule has 0 radical (unpaired) electrons. The number of allylic oxidation sites excluding steroid dienone is 2. The molecule has 2 fully saturated rings. The Morgan fingerprint density at radius 2 is 2.27 bits per heavy atom. The first-order chi connectivity index (χ1) is 7.29. The van der Waals surface area contributed by atoms with E-state index in [1.807, 2.05) is 0 Å². The van der Waals surface area contributed by atoms with Crippen molar-refractivity contribution in [2.24, 2.45) is 35.5 Å². The second-order valence-electron chi connectivity index (χ2n) is 5.25. The van der Waals surface area contributed by atoms with Gasteiger partial charge in [-0.1, -0.05) is 12.2 Å². The number of hydrogen-bond acceptors (Lipinski definition) is 3. The van der Waals surface area contributed by atoms with Crippen molar-refractivity contribution in [1.29, 1.82) is 0 Å². The number of nitrogens with two attached hydrogens (primary N) is 1. The first-order valence-electron chi connectivity index (χ1n) is 5.86. The van der Waals surface area contributed by atoms with Crippen molar-refractivity contribution in [3.05, 3.63) is 17.4 Å². The topological polar surface area (TPSA) is 62.8 Å². The maximum absolute atomic E-state index is 11.2. The first-order valence-corrected chi connectivity index (χ1v) is 5.86. The fourth-order valence-electron chi connectivity index (χ4n) is 4.20. The standard InChI is InChI=1S/C11H18N2O2/c12-15-13(14)6-8-4-7-5-11(8)10-3-1-2-9(7)10/h1-2,7-11,13H,3-6,12H2. The second kappa shape index (κ2) is 3.56. The highest BCUT2D eigenvalue weighted by atomic mass is 16.9. The lowest BCUT2D eigenvalue weighted by Crippen LogP contribution is -3.08. The Morgan fingerprint density at radius 1 is 1.40 bits per heavy atom. The van der Waals surface area contributed by atoms with Crippen LogP contribution in [0.1, 0.15) is 19.3 Å². The fraction of sp³-hybridized carbons (Fsp3) is 0.818. The van der Waals surface area contributed by atoms with E-state index in [0.717, 1.165) is 23.7 Å². The average Bonchev–Trinajstić information content (AvgIpc) is 2.87. The molecule has 0 spiro atoms. The zero-order valence-electron chi connectivity index (χ0n) is 8.76. The second-order valence-corrected chi connectivity index (χ2v) is 5.25. The fourth-order valence-corrected chi connectivity index (χ4v) is 4.20. The molecule has 6 atom stereocenters. The molecule has 2 saturated carbocycles. The summed E-state index contributed by atoms with van der Waals surface area (Å²) in [5.74, 6) is 8.64. The van der Waals surface area contributed by atoms with Gasteiger partial charge < -0.3 is 5.21 Å². The number of nitrogens with one attached hydrogen (secondary N) is 1. The minimum absolute atomic E-state index is 0.241. The SMILES string of the molecule is NO[NH+]([O-])CC1CC2CC1C1CC=CC21. The molecule has 6 unspecified atom stereocenters. The summed E-state index contributed by atoms with van der Waals surface area (Å²) in [7, 11) is 0. The van der Waals surface area contributed by atoms with Gasteiger partial charge in [-0.05, 0) is 42.9 Å². The molecule has 4 nitrogen and oxygen atoms in total. The van der Waals surface area contributed by atoms with E-state index in [2.05, 4.69) is 17.1 Å². The summed E-state index contributed by atoms with van der Waals surface area (Å²) < 4.78 is 0. The Balaban J connectivity index is 1.67. The minimum Gasteiger partial charge on any atom is -0.598 e. The van der Waals surface area contributed by atoms with Gasteiger partial charge in [0.05, 0.1) is 0 Å². The van der Waals surface area contributed by atoms with Crippen molar-refractivity contribution in [3.63, 3.8) is 0 Å². The Labute approximate surface area is 89.6 Å². The lowest BCUT2D eigenvalue weighted by molar-refractivity contribution is -1.06. The van der Waals surface area contributed by atoms with Crippen molar-refractivity contribution in [2.45, 2.75) is 19.3 Å². The molecule has 3 aliphatic rings. The summed E-state index contributed by atoms with van der Waals surface area (Å²) >= 11 is 0. The van der Waals surface area contributed by atoms with Gasteiger partial charge in [0.15, 0.2) is 0 Å². The zero-order chi connectivity index (χ0) is 10.4. The third-order valence-electron chi connectivity index (χ3n) is 4.70. The molecule has 15 heavy (non-hydrogen) atoms. The van der Waals surface area contributed by atoms with E-state index in [0.29, 0.717) is 12.5 Å². The highest BCUT2D eigenvalue weighted by Gasteiger charge is 2.52. The van der Waals surface area contributed by atoms with Crippen molar-refractivity contribution < 1.29 is 10.2 Å². The summed E-state index contributed by atoms with van der Waals surface area (Å²) in [6.07, 6.45) is 8.46. The van der Waals surface area contributed by atoms with Crippen LogP contribution in [0.4, 0.5) is 0 Å². The Morgan fingerprint density at radius 3 is 3.07 bits per heavy atom. The number of hydrogen-bond donors (Lipinski definition) is 2. The summed E-state index contributed by atoms with van der Waals surface area (Å²) in [6, 6.07) is 0.